The van der Waals surface area contributed by atoms with Gasteiger partial charge in [0.05, 0.1) is 0 Å². The third-order valence-corrected chi connectivity index (χ3v) is 2.33. The first-order valence-corrected chi connectivity index (χ1v) is 3.84. The van der Waals surface area contributed by atoms with E-state index in [1.165, 1.54) is 0 Å². The Balaban J connectivity index is 2.35. The molecular weight excluding hydrogens is 114 g/mol. The number of rotatable bonds is 0. The number of hydrogen-bond acceptors (Lipinski definition) is 0. The Morgan fingerprint density at radius 2 is 2.11 bits per heavy atom. The van der Waals surface area contributed by atoms with Gasteiger partial charge in [0.2, 0.25) is 0 Å². The van der Waals surface area contributed by atoms with Crippen molar-refractivity contribution in [3.05, 3.63) is 0 Å². The zero-order valence-corrected chi connectivity index (χ0v) is 6.23. The van der Waals surface area contributed by atoms with Crippen LogP contribution in [-0.2, 0) is 0 Å². The van der Waals surface area contributed by atoms with Crippen LogP contribution >= 0.6 is 0 Å². The third-order valence-electron chi connectivity index (χ3n) is 2.33. The quantitative estimate of drug-likeness (QED) is 0.434. The van der Waals surface area contributed by atoms with Crippen molar-refractivity contribution in [2.24, 2.45) is 5.92 Å². The molecule has 52 valence electrons. The van der Waals surface area contributed by atoms with Crippen molar-refractivity contribution >= 4 is 7.85 Å². The van der Waals surface area contributed by atoms with E-state index in [2.05, 4.69) is 7.85 Å². The maximum absolute atomic E-state index is 12.8. The summed E-state index contributed by atoms with van der Waals surface area (Å²) in [6.45, 7) is 2.01. The van der Waals surface area contributed by atoms with Crippen LogP contribution in [-0.4, -0.2) is 14.0 Å². The highest BCUT2D eigenvalue weighted by Gasteiger charge is 2.24. The Morgan fingerprint density at radius 1 is 1.44 bits per heavy atom. The molecule has 3 unspecified atom stereocenters. The Labute approximate surface area is 57.2 Å². The van der Waals surface area contributed by atoms with E-state index >= 15 is 0 Å². The molecule has 2 heteroatoms. The van der Waals surface area contributed by atoms with E-state index in [1.807, 2.05) is 6.92 Å². The van der Waals surface area contributed by atoms with Crippen LogP contribution in [0.4, 0.5) is 4.39 Å². The van der Waals surface area contributed by atoms with Gasteiger partial charge < -0.3 is 0 Å². The first-order chi connectivity index (χ1) is 4.20. The van der Waals surface area contributed by atoms with E-state index in [0.717, 1.165) is 25.1 Å². The fourth-order valence-corrected chi connectivity index (χ4v) is 1.63. The molecule has 1 rings (SSSR count). The van der Waals surface area contributed by atoms with Crippen LogP contribution in [0.1, 0.15) is 26.2 Å². The monoisotopic (exact) mass is 128 g/mol. The zero-order chi connectivity index (χ0) is 6.85. The highest BCUT2D eigenvalue weighted by atomic mass is 19.1. The van der Waals surface area contributed by atoms with Crippen LogP contribution in [0.3, 0.4) is 0 Å². The molecule has 0 nitrogen and oxygen atoms in total. The second-order valence-electron chi connectivity index (χ2n) is 3.41. The molecule has 0 aromatic heterocycles. The highest BCUT2D eigenvalue weighted by Crippen LogP contribution is 2.32. The third kappa shape index (κ3) is 1.70. The minimum Gasteiger partial charge on any atom is -0.247 e. The summed E-state index contributed by atoms with van der Waals surface area (Å²) in [6.07, 6.45) is 2.45. The van der Waals surface area contributed by atoms with Gasteiger partial charge in [-0.3, -0.25) is 0 Å². The van der Waals surface area contributed by atoms with E-state index in [4.69, 9.17) is 0 Å². The highest BCUT2D eigenvalue weighted by molar-refractivity contribution is 6.11. The summed E-state index contributed by atoms with van der Waals surface area (Å²) in [5.41, 5.74) is 0. The van der Waals surface area contributed by atoms with Crippen LogP contribution in [0, 0.1) is 5.92 Å². The lowest BCUT2D eigenvalue weighted by Crippen LogP contribution is -2.20. The SMILES string of the molecule is BC1CCC(F)C(C)C1. The first kappa shape index (κ1) is 7.11. The lowest BCUT2D eigenvalue weighted by atomic mass is 9.71. The Kier molecular flexibility index (Phi) is 2.15. The van der Waals surface area contributed by atoms with E-state index in [-0.39, 0.29) is 0 Å². The maximum Gasteiger partial charge on any atom is 0.105 e. The molecule has 0 aliphatic heterocycles. The minimum absolute atomic E-state index is 0.314. The van der Waals surface area contributed by atoms with Crippen LogP contribution in [0.15, 0.2) is 0 Å². The van der Waals surface area contributed by atoms with E-state index in [1.54, 1.807) is 0 Å². The molecule has 9 heavy (non-hydrogen) atoms. The molecule has 0 aromatic carbocycles. The number of alkyl halides is 1. The Morgan fingerprint density at radius 3 is 2.56 bits per heavy atom. The van der Waals surface area contributed by atoms with Gasteiger partial charge >= 0.3 is 0 Å². The molecule has 1 aliphatic rings. The molecule has 0 bridgehead atoms. The van der Waals surface area contributed by atoms with Gasteiger partial charge in [0.25, 0.3) is 0 Å². The summed E-state index contributed by atoms with van der Waals surface area (Å²) < 4.78 is 12.8. The predicted octanol–water partition coefficient (Wildman–Crippen LogP) is 1.57. The molecule has 0 heterocycles. The van der Waals surface area contributed by atoms with Gasteiger partial charge in [-0.25, -0.2) is 4.39 Å². The molecule has 0 amide bonds. The van der Waals surface area contributed by atoms with Crippen molar-refractivity contribution in [1.82, 2.24) is 0 Å². The van der Waals surface area contributed by atoms with Crippen LogP contribution in [0.25, 0.3) is 0 Å². The molecule has 0 radical (unpaired) electrons. The molecule has 1 saturated carbocycles. The fraction of sp³-hybridized carbons (Fsp3) is 1.00. The van der Waals surface area contributed by atoms with E-state index in [0.29, 0.717) is 5.92 Å². The van der Waals surface area contributed by atoms with Gasteiger partial charge in [0, 0.05) is 0 Å². The zero-order valence-electron chi connectivity index (χ0n) is 6.23. The van der Waals surface area contributed by atoms with Gasteiger partial charge in [-0.1, -0.05) is 25.6 Å². The summed E-state index contributed by atoms with van der Waals surface area (Å²) in [7, 11) is 2.21. The molecule has 0 spiro atoms. The van der Waals surface area contributed by atoms with Crippen molar-refractivity contribution in [1.29, 1.82) is 0 Å². The summed E-state index contributed by atoms with van der Waals surface area (Å²) >= 11 is 0. The fourth-order valence-electron chi connectivity index (χ4n) is 1.63. The summed E-state index contributed by atoms with van der Waals surface area (Å²) in [5, 5.41) is 0. The Bertz CT molecular complexity index is 94.9. The molecule has 3 atom stereocenters. The average Bonchev–Trinajstić information content (AvgIpc) is 1.80. The van der Waals surface area contributed by atoms with E-state index in [9.17, 15) is 4.39 Å². The van der Waals surface area contributed by atoms with Crippen molar-refractivity contribution in [2.45, 2.75) is 38.2 Å². The summed E-state index contributed by atoms with van der Waals surface area (Å²) in [5.74, 6) is 1.07. The lowest BCUT2D eigenvalue weighted by Gasteiger charge is -2.26. The van der Waals surface area contributed by atoms with Gasteiger partial charge in [0.15, 0.2) is 0 Å². The van der Waals surface area contributed by atoms with Crippen LogP contribution in [0.2, 0.25) is 5.82 Å². The van der Waals surface area contributed by atoms with Crippen LogP contribution in [0.5, 0.6) is 0 Å². The van der Waals surface area contributed by atoms with Crippen molar-refractivity contribution in [2.75, 3.05) is 0 Å². The van der Waals surface area contributed by atoms with Gasteiger partial charge in [0.1, 0.15) is 14.0 Å². The normalized spacial score (nSPS) is 44.9. The molecule has 0 N–H and O–H groups in total. The molecule has 0 aromatic rings. The molecule has 1 fully saturated rings. The summed E-state index contributed by atoms with van der Waals surface area (Å²) in [6, 6.07) is 0. The Hall–Kier alpha value is -0.00506. The van der Waals surface area contributed by atoms with Gasteiger partial charge in [-0.2, -0.15) is 0 Å². The van der Waals surface area contributed by atoms with E-state index < -0.39 is 6.17 Å². The number of halogens is 1. The standard InChI is InChI=1S/C7H14BF/c1-5-4-6(8)2-3-7(5)9/h5-7H,2-4,8H2,1H3. The second kappa shape index (κ2) is 2.72. The summed E-state index contributed by atoms with van der Waals surface area (Å²) in [4.78, 5) is 0. The molecule has 1 aliphatic carbocycles. The average molecular weight is 128 g/mol. The number of hydrogen-bond donors (Lipinski definition) is 0. The van der Waals surface area contributed by atoms with Crippen molar-refractivity contribution in [3.63, 3.8) is 0 Å². The maximum atomic E-state index is 12.8. The minimum atomic E-state index is -0.513. The van der Waals surface area contributed by atoms with Gasteiger partial charge in [-0.15, -0.1) is 0 Å². The predicted molar refractivity (Wildman–Crippen MR) is 40.2 cm³/mol. The van der Waals surface area contributed by atoms with Crippen LogP contribution < -0.4 is 0 Å². The lowest BCUT2D eigenvalue weighted by molar-refractivity contribution is 0.180. The second-order valence-corrected chi connectivity index (χ2v) is 3.41. The van der Waals surface area contributed by atoms with Crippen molar-refractivity contribution < 1.29 is 4.39 Å². The van der Waals surface area contributed by atoms with Gasteiger partial charge in [-0.05, 0) is 12.3 Å². The topological polar surface area (TPSA) is 0 Å². The smallest absolute Gasteiger partial charge is 0.105 e. The largest absolute Gasteiger partial charge is 0.247 e. The molecule has 0 saturated heterocycles. The molecular formula is C7H14BF. The van der Waals surface area contributed by atoms with Crippen molar-refractivity contribution in [3.8, 4) is 0 Å². The first-order valence-electron chi connectivity index (χ1n) is 3.84.